The molecule has 2 heterocycles. The molecule has 0 atom stereocenters. The minimum atomic E-state index is 0.699. The second kappa shape index (κ2) is 4.87. The van der Waals surface area contributed by atoms with Crippen LogP contribution in [0.2, 0.25) is 0 Å². The molecule has 0 saturated carbocycles. The van der Waals surface area contributed by atoms with E-state index in [9.17, 15) is 0 Å². The van der Waals surface area contributed by atoms with Crippen molar-refractivity contribution in [2.45, 2.75) is 6.54 Å². The average Bonchev–Trinajstić information content (AvgIpc) is 3.11. The van der Waals surface area contributed by atoms with E-state index in [0.717, 1.165) is 34.1 Å². The van der Waals surface area contributed by atoms with Crippen molar-refractivity contribution in [3.63, 3.8) is 0 Å². The Morgan fingerprint density at radius 2 is 1.73 bits per heavy atom. The van der Waals surface area contributed by atoms with Crippen LogP contribution in [0.3, 0.4) is 0 Å². The van der Waals surface area contributed by atoms with Crippen molar-refractivity contribution in [2.24, 2.45) is 0 Å². The number of nitrogens with zero attached hydrogens (tertiary/aromatic N) is 3. The van der Waals surface area contributed by atoms with E-state index in [4.69, 9.17) is 9.47 Å². The highest BCUT2D eigenvalue weighted by atomic mass is 16.5. The quantitative estimate of drug-likeness (QED) is 0.582. The summed E-state index contributed by atoms with van der Waals surface area (Å²) < 4.78 is 12.7. The lowest BCUT2D eigenvalue weighted by Gasteiger charge is -2.09. The zero-order valence-corrected chi connectivity index (χ0v) is 12.4. The predicted molar refractivity (Wildman–Crippen MR) is 83.1 cm³/mol. The van der Waals surface area contributed by atoms with Crippen molar-refractivity contribution in [3.8, 4) is 34.3 Å². The van der Waals surface area contributed by atoms with Crippen LogP contribution in [0.1, 0.15) is 5.56 Å². The summed E-state index contributed by atoms with van der Waals surface area (Å²) in [7, 11) is 3.28. The Labute approximate surface area is 128 Å². The summed E-state index contributed by atoms with van der Waals surface area (Å²) in [6.07, 6.45) is 0. The van der Waals surface area contributed by atoms with Gasteiger partial charge in [-0.1, -0.05) is 30.3 Å². The molecule has 5 heteroatoms. The van der Waals surface area contributed by atoms with Crippen LogP contribution in [-0.2, 0) is 6.54 Å². The zero-order chi connectivity index (χ0) is 15.1. The molecule has 5 nitrogen and oxygen atoms in total. The van der Waals surface area contributed by atoms with Crippen molar-refractivity contribution in [1.29, 1.82) is 0 Å². The molecule has 0 N–H and O–H groups in total. The smallest absolute Gasteiger partial charge is 0.181 e. The van der Waals surface area contributed by atoms with E-state index in [-0.39, 0.29) is 0 Å². The summed E-state index contributed by atoms with van der Waals surface area (Å²) >= 11 is 0. The molecule has 2 aromatic carbocycles. The normalized spacial score (nSPS) is 11.9. The van der Waals surface area contributed by atoms with Gasteiger partial charge in [0.25, 0.3) is 0 Å². The van der Waals surface area contributed by atoms with Crippen molar-refractivity contribution < 1.29 is 9.47 Å². The SMILES string of the molecule is COc1cc2c(cc1OC)-c1nc(-c3ccccc3)nn1C2. The van der Waals surface area contributed by atoms with Gasteiger partial charge in [0, 0.05) is 11.1 Å². The molecular weight excluding hydrogens is 278 g/mol. The first-order chi connectivity index (χ1) is 10.8. The summed E-state index contributed by atoms with van der Waals surface area (Å²) in [5, 5.41) is 4.61. The molecule has 0 unspecified atom stereocenters. The van der Waals surface area contributed by atoms with Gasteiger partial charge in [-0.05, 0) is 17.7 Å². The molecule has 1 aliphatic heterocycles. The van der Waals surface area contributed by atoms with Gasteiger partial charge in [0.05, 0.1) is 20.8 Å². The highest BCUT2D eigenvalue weighted by Crippen LogP contribution is 2.39. The summed E-state index contributed by atoms with van der Waals surface area (Å²) in [6.45, 7) is 0.699. The van der Waals surface area contributed by atoms with E-state index in [1.54, 1.807) is 14.2 Å². The van der Waals surface area contributed by atoms with Gasteiger partial charge in [0.2, 0.25) is 0 Å². The third-order valence-corrected chi connectivity index (χ3v) is 3.87. The molecule has 22 heavy (non-hydrogen) atoms. The van der Waals surface area contributed by atoms with Gasteiger partial charge in [0.15, 0.2) is 23.1 Å². The fraction of sp³-hybridized carbons (Fsp3) is 0.176. The van der Waals surface area contributed by atoms with Gasteiger partial charge in [-0.15, -0.1) is 0 Å². The lowest BCUT2D eigenvalue weighted by atomic mass is 10.1. The van der Waals surface area contributed by atoms with Crippen LogP contribution in [0, 0.1) is 0 Å². The Kier molecular flexibility index (Phi) is 2.85. The van der Waals surface area contributed by atoms with Gasteiger partial charge < -0.3 is 9.47 Å². The molecule has 0 amide bonds. The maximum absolute atomic E-state index is 5.39. The van der Waals surface area contributed by atoms with Crippen LogP contribution >= 0.6 is 0 Å². The molecule has 1 aliphatic rings. The maximum atomic E-state index is 5.39. The largest absolute Gasteiger partial charge is 0.493 e. The van der Waals surface area contributed by atoms with Crippen molar-refractivity contribution in [2.75, 3.05) is 14.2 Å². The Bertz CT molecular complexity index is 841. The van der Waals surface area contributed by atoms with E-state index < -0.39 is 0 Å². The highest BCUT2D eigenvalue weighted by Gasteiger charge is 2.25. The molecule has 110 valence electrons. The lowest BCUT2D eigenvalue weighted by Crippen LogP contribution is -1.96. The van der Waals surface area contributed by atoms with Gasteiger partial charge in [-0.3, -0.25) is 0 Å². The first-order valence-corrected chi connectivity index (χ1v) is 7.05. The number of benzene rings is 2. The first-order valence-electron chi connectivity index (χ1n) is 7.05. The molecule has 0 radical (unpaired) electrons. The minimum absolute atomic E-state index is 0.699. The second-order valence-electron chi connectivity index (χ2n) is 5.15. The van der Waals surface area contributed by atoms with E-state index in [2.05, 4.69) is 10.1 Å². The predicted octanol–water partition coefficient (Wildman–Crippen LogP) is 2.99. The van der Waals surface area contributed by atoms with Crippen LogP contribution in [0.4, 0.5) is 0 Å². The minimum Gasteiger partial charge on any atom is -0.493 e. The molecule has 0 spiro atoms. The summed E-state index contributed by atoms with van der Waals surface area (Å²) in [5.41, 5.74) is 3.21. The van der Waals surface area contributed by atoms with E-state index in [0.29, 0.717) is 12.3 Å². The lowest BCUT2D eigenvalue weighted by molar-refractivity contribution is 0.355. The number of hydrogen-bond acceptors (Lipinski definition) is 4. The molecule has 0 saturated heterocycles. The Balaban J connectivity index is 1.82. The van der Waals surface area contributed by atoms with Gasteiger partial charge in [-0.25, -0.2) is 9.67 Å². The Morgan fingerprint density at radius 1 is 1.00 bits per heavy atom. The third-order valence-electron chi connectivity index (χ3n) is 3.87. The third kappa shape index (κ3) is 1.86. The van der Waals surface area contributed by atoms with Crippen molar-refractivity contribution in [3.05, 3.63) is 48.0 Å². The van der Waals surface area contributed by atoms with E-state index in [1.165, 1.54) is 0 Å². The van der Waals surface area contributed by atoms with Gasteiger partial charge in [0.1, 0.15) is 0 Å². The molecule has 0 bridgehead atoms. The average molecular weight is 293 g/mol. The molecule has 3 aromatic rings. The number of aromatic nitrogens is 3. The molecule has 1 aromatic heterocycles. The van der Waals surface area contributed by atoms with Crippen LogP contribution in [-0.4, -0.2) is 29.0 Å². The zero-order valence-electron chi connectivity index (χ0n) is 12.4. The summed E-state index contributed by atoms with van der Waals surface area (Å²) in [6, 6.07) is 14.0. The highest BCUT2D eigenvalue weighted by molar-refractivity contribution is 5.71. The number of rotatable bonds is 3. The Morgan fingerprint density at radius 3 is 2.45 bits per heavy atom. The standard InChI is InChI=1S/C17H15N3O2/c1-21-14-8-12-10-20-17(13(12)9-15(14)22-2)18-16(19-20)11-6-4-3-5-7-11/h3-9H,10H2,1-2H3. The maximum Gasteiger partial charge on any atom is 0.181 e. The van der Waals surface area contributed by atoms with Crippen LogP contribution < -0.4 is 9.47 Å². The van der Waals surface area contributed by atoms with E-state index >= 15 is 0 Å². The summed E-state index contributed by atoms with van der Waals surface area (Å²) in [5.74, 6) is 3.06. The van der Waals surface area contributed by atoms with Crippen molar-refractivity contribution in [1.82, 2.24) is 14.8 Å². The van der Waals surface area contributed by atoms with Crippen molar-refractivity contribution >= 4 is 0 Å². The first kappa shape index (κ1) is 12.9. The topological polar surface area (TPSA) is 49.2 Å². The molecule has 0 fully saturated rings. The van der Waals surface area contributed by atoms with E-state index in [1.807, 2.05) is 47.1 Å². The van der Waals surface area contributed by atoms with Crippen LogP contribution in [0.5, 0.6) is 11.5 Å². The fourth-order valence-corrected chi connectivity index (χ4v) is 2.78. The number of fused-ring (bicyclic) bond motifs is 3. The number of hydrogen-bond donors (Lipinski definition) is 0. The fourth-order valence-electron chi connectivity index (χ4n) is 2.78. The van der Waals surface area contributed by atoms with Crippen LogP contribution in [0.15, 0.2) is 42.5 Å². The molecule has 4 rings (SSSR count). The number of methoxy groups -OCH3 is 2. The molecular formula is C17H15N3O2. The van der Waals surface area contributed by atoms with Gasteiger partial charge >= 0.3 is 0 Å². The Hall–Kier alpha value is -2.82. The van der Waals surface area contributed by atoms with Gasteiger partial charge in [-0.2, -0.15) is 5.10 Å². The molecule has 0 aliphatic carbocycles. The number of ether oxygens (including phenoxy) is 2. The summed E-state index contributed by atoms with van der Waals surface area (Å²) in [4.78, 5) is 4.69. The second-order valence-corrected chi connectivity index (χ2v) is 5.15. The monoisotopic (exact) mass is 293 g/mol. The van der Waals surface area contributed by atoms with Crippen LogP contribution in [0.25, 0.3) is 22.8 Å².